The summed E-state index contributed by atoms with van der Waals surface area (Å²) < 4.78 is 1.06. The average molecular weight is 268 g/mol. The molecular weight excluding hydrogens is 256 g/mol. The zero-order valence-corrected chi connectivity index (χ0v) is 10.8. The number of phenols is 1. The first kappa shape index (κ1) is 12.2. The summed E-state index contributed by atoms with van der Waals surface area (Å²) in [6, 6.07) is 11.2. The fourth-order valence-corrected chi connectivity index (χ4v) is 2.27. The Labute approximate surface area is 113 Å². The van der Waals surface area contributed by atoms with Crippen LogP contribution in [0.4, 0.5) is 0 Å². The molecule has 3 rings (SSSR count). The summed E-state index contributed by atoms with van der Waals surface area (Å²) in [5.41, 5.74) is 0.872. The number of H-pyrrole nitrogens is 1. The summed E-state index contributed by atoms with van der Waals surface area (Å²) in [7, 11) is 0. The number of aromatic nitrogens is 2. The van der Waals surface area contributed by atoms with Crippen LogP contribution in [0.5, 0.6) is 5.75 Å². The van der Waals surface area contributed by atoms with Gasteiger partial charge in [-0.1, -0.05) is 12.1 Å². The van der Waals surface area contributed by atoms with E-state index >= 15 is 0 Å². The van der Waals surface area contributed by atoms with E-state index < -0.39 is 5.69 Å². The van der Waals surface area contributed by atoms with Gasteiger partial charge in [0, 0.05) is 0 Å². The highest BCUT2D eigenvalue weighted by atomic mass is 16.3. The van der Waals surface area contributed by atoms with E-state index in [1.165, 1.54) is 24.3 Å². The Hall–Kier alpha value is -2.82. The SMILES string of the molecule is Cc1cccc2[nH]c(=O)n(-c3ccc(O)cc3)c(=O)c12. The Morgan fingerprint density at radius 3 is 2.45 bits per heavy atom. The molecule has 0 bridgehead atoms. The maximum atomic E-state index is 12.5. The van der Waals surface area contributed by atoms with E-state index in [9.17, 15) is 14.7 Å². The quantitative estimate of drug-likeness (QED) is 0.705. The van der Waals surface area contributed by atoms with Crippen LogP contribution in [0.25, 0.3) is 16.6 Å². The van der Waals surface area contributed by atoms with E-state index in [-0.39, 0.29) is 11.3 Å². The van der Waals surface area contributed by atoms with Crippen LogP contribution in [-0.2, 0) is 0 Å². The van der Waals surface area contributed by atoms with Crippen molar-refractivity contribution >= 4 is 10.9 Å². The summed E-state index contributed by atoms with van der Waals surface area (Å²) in [6.07, 6.45) is 0. The fourth-order valence-electron chi connectivity index (χ4n) is 2.27. The second-order valence-electron chi connectivity index (χ2n) is 4.58. The maximum absolute atomic E-state index is 12.5. The lowest BCUT2D eigenvalue weighted by molar-refractivity contribution is 0.475. The third-order valence-corrected chi connectivity index (χ3v) is 3.24. The van der Waals surface area contributed by atoms with Gasteiger partial charge in [0.25, 0.3) is 5.56 Å². The second-order valence-corrected chi connectivity index (χ2v) is 4.58. The Balaban J connectivity index is 2.43. The van der Waals surface area contributed by atoms with Gasteiger partial charge in [0.2, 0.25) is 0 Å². The van der Waals surface area contributed by atoms with Gasteiger partial charge in [0.05, 0.1) is 16.6 Å². The molecule has 5 nitrogen and oxygen atoms in total. The van der Waals surface area contributed by atoms with E-state index in [1.807, 2.05) is 13.0 Å². The number of aryl methyl sites for hydroxylation is 1. The molecule has 5 heteroatoms. The van der Waals surface area contributed by atoms with Crippen molar-refractivity contribution in [3.63, 3.8) is 0 Å². The smallest absolute Gasteiger partial charge is 0.333 e. The molecule has 20 heavy (non-hydrogen) atoms. The first-order valence-corrected chi connectivity index (χ1v) is 6.12. The van der Waals surface area contributed by atoms with Gasteiger partial charge in [-0.3, -0.25) is 4.79 Å². The van der Waals surface area contributed by atoms with Crippen molar-refractivity contribution in [1.82, 2.24) is 9.55 Å². The van der Waals surface area contributed by atoms with Crippen LogP contribution in [0.1, 0.15) is 5.56 Å². The number of rotatable bonds is 1. The zero-order valence-electron chi connectivity index (χ0n) is 10.8. The third-order valence-electron chi connectivity index (χ3n) is 3.24. The number of benzene rings is 2. The molecule has 0 aliphatic heterocycles. The van der Waals surface area contributed by atoms with Crippen molar-refractivity contribution in [3.05, 3.63) is 68.9 Å². The van der Waals surface area contributed by atoms with Crippen LogP contribution in [0.3, 0.4) is 0 Å². The number of aromatic hydroxyl groups is 1. The second kappa shape index (κ2) is 4.38. The molecule has 3 aromatic rings. The highest BCUT2D eigenvalue weighted by Gasteiger charge is 2.10. The molecule has 0 saturated carbocycles. The van der Waals surface area contributed by atoms with E-state index in [0.29, 0.717) is 16.6 Å². The molecule has 0 spiro atoms. The van der Waals surface area contributed by atoms with Gasteiger partial charge in [0.15, 0.2) is 0 Å². The summed E-state index contributed by atoms with van der Waals surface area (Å²) in [5.74, 6) is 0.0789. The molecular formula is C15H12N2O3. The molecule has 0 unspecified atom stereocenters. The van der Waals surface area contributed by atoms with Crippen molar-refractivity contribution in [3.8, 4) is 11.4 Å². The Morgan fingerprint density at radius 2 is 1.75 bits per heavy atom. The fraction of sp³-hybridized carbons (Fsp3) is 0.0667. The predicted molar refractivity (Wildman–Crippen MR) is 76.6 cm³/mol. The molecule has 1 heterocycles. The monoisotopic (exact) mass is 268 g/mol. The van der Waals surface area contributed by atoms with Gasteiger partial charge in [-0.25, -0.2) is 9.36 Å². The number of nitrogens with zero attached hydrogens (tertiary/aromatic N) is 1. The van der Waals surface area contributed by atoms with Crippen LogP contribution in [0, 0.1) is 6.92 Å². The molecule has 0 amide bonds. The van der Waals surface area contributed by atoms with Gasteiger partial charge in [-0.15, -0.1) is 0 Å². The molecule has 1 aromatic heterocycles. The normalized spacial score (nSPS) is 10.8. The number of hydrogen-bond donors (Lipinski definition) is 2. The Morgan fingerprint density at radius 1 is 1.05 bits per heavy atom. The first-order chi connectivity index (χ1) is 9.58. The lowest BCUT2D eigenvalue weighted by atomic mass is 10.1. The van der Waals surface area contributed by atoms with Gasteiger partial charge >= 0.3 is 5.69 Å². The third kappa shape index (κ3) is 1.80. The van der Waals surface area contributed by atoms with Gasteiger partial charge < -0.3 is 10.1 Å². The van der Waals surface area contributed by atoms with Crippen LogP contribution in [0.2, 0.25) is 0 Å². The zero-order chi connectivity index (χ0) is 14.3. The van der Waals surface area contributed by atoms with Crippen LogP contribution >= 0.6 is 0 Å². The van der Waals surface area contributed by atoms with Crippen molar-refractivity contribution < 1.29 is 5.11 Å². The summed E-state index contributed by atoms with van der Waals surface area (Å²) in [5, 5.41) is 9.77. The van der Waals surface area contributed by atoms with Crippen molar-refractivity contribution in [2.24, 2.45) is 0 Å². The molecule has 0 radical (unpaired) electrons. The van der Waals surface area contributed by atoms with E-state index in [4.69, 9.17) is 0 Å². The molecule has 2 aromatic carbocycles. The topological polar surface area (TPSA) is 75.1 Å². The minimum absolute atomic E-state index is 0.0789. The molecule has 100 valence electrons. The van der Waals surface area contributed by atoms with E-state index in [2.05, 4.69) is 4.98 Å². The van der Waals surface area contributed by atoms with Gasteiger partial charge in [-0.2, -0.15) is 0 Å². The van der Waals surface area contributed by atoms with Crippen LogP contribution in [-0.4, -0.2) is 14.7 Å². The highest BCUT2D eigenvalue weighted by Crippen LogP contribution is 2.14. The maximum Gasteiger partial charge on any atom is 0.333 e. The average Bonchev–Trinajstić information content (AvgIpc) is 2.40. The number of phenolic OH excluding ortho intramolecular Hbond substituents is 1. The van der Waals surface area contributed by atoms with E-state index in [1.54, 1.807) is 12.1 Å². The molecule has 0 fully saturated rings. The number of nitrogens with one attached hydrogen (secondary N) is 1. The van der Waals surface area contributed by atoms with Crippen molar-refractivity contribution in [2.45, 2.75) is 6.92 Å². The predicted octanol–water partition coefficient (Wildman–Crippen LogP) is 1.69. The molecule has 0 atom stereocenters. The molecule has 0 aliphatic carbocycles. The van der Waals surface area contributed by atoms with Gasteiger partial charge in [0.1, 0.15) is 5.75 Å². The molecule has 2 N–H and O–H groups in total. The molecule has 0 aliphatic rings. The van der Waals surface area contributed by atoms with Crippen molar-refractivity contribution in [2.75, 3.05) is 0 Å². The van der Waals surface area contributed by atoms with Crippen molar-refractivity contribution in [1.29, 1.82) is 0 Å². The first-order valence-electron chi connectivity index (χ1n) is 6.12. The minimum atomic E-state index is -0.501. The summed E-state index contributed by atoms with van der Waals surface area (Å²) >= 11 is 0. The van der Waals surface area contributed by atoms with Crippen LogP contribution < -0.4 is 11.2 Å². The summed E-state index contributed by atoms with van der Waals surface area (Å²) in [4.78, 5) is 27.3. The lowest BCUT2D eigenvalue weighted by Gasteiger charge is -2.07. The standard InChI is InChI=1S/C15H12N2O3/c1-9-3-2-4-12-13(9)14(19)17(15(20)16-12)10-5-7-11(18)8-6-10/h2-8,18H,1H3,(H,16,20). The lowest BCUT2D eigenvalue weighted by Crippen LogP contribution is -2.33. The van der Waals surface area contributed by atoms with Crippen LogP contribution in [0.15, 0.2) is 52.1 Å². The largest absolute Gasteiger partial charge is 0.508 e. The minimum Gasteiger partial charge on any atom is -0.508 e. The van der Waals surface area contributed by atoms with Gasteiger partial charge in [-0.05, 0) is 42.8 Å². The number of hydrogen-bond acceptors (Lipinski definition) is 3. The van der Waals surface area contributed by atoms with E-state index in [0.717, 1.165) is 10.1 Å². The molecule has 0 saturated heterocycles. The Bertz CT molecular complexity index is 905. The number of aromatic amines is 1. The summed E-state index contributed by atoms with van der Waals surface area (Å²) in [6.45, 7) is 1.82. The Kier molecular flexibility index (Phi) is 2.68. The number of fused-ring (bicyclic) bond motifs is 1. The highest BCUT2D eigenvalue weighted by molar-refractivity contribution is 5.81.